The molecule has 0 unspecified atom stereocenters. The Labute approximate surface area is 184 Å². The third-order valence-electron chi connectivity index (χ3n) is 3.91. The van der Waals surface area contributed by atoms with Crippen LogP contribution in [0.15, 0.2) is 47.5 Å². The summed E-state index contributed by atoms with van der Waals surface area (Å²) >= 11 is 0. The van der Waals surface area contributed by atoms with Crippen molar-refractivity contribution < 1.29 is 14.6 Å². The standard InChI is InChI=1S/C21H29N3O3.HI/c1-4-22-21(23-14-17-6-9-19(25)10-7-17)24-15-18-8-5-16(2)13-20(18)27-12-11-26-3;/h5-10,13,25H,4,11-12,14-15H2,1-3H3,(H2,22,23,24);1H. The van der Waals surface area contributed by atoms with E-state index in [1.807, 2.05) is 32.0 Å². The minimum atomic E-state index is 0. The van der Waals surface area contributed by atoms with Gasteiger partial charge in [0.05, 0.1) is 13.2 Å². The largest absolute Gasteiger partial charge is 0.508 e. The number of benzene rings is 2. The van der Waals surface area contributed by atoms with Gasteiger partial charge < -0.3 is 25.2 Å². The van der Waals surface area contributed by atoms with Crippen molar-refractivity contribution in [2.45, 2.75) is 26.9 Å². The lowest BCUT2D eigenvalue weighted by Gasteiger charge is -2.15. The number of halogens is 1. The van der Waals surface area contributed by atoms with E-state index in [-0.39, 0.29) is 29.7 Å². The highest BCUT2D eigenvalue weighted by molar-refractivity contribution is 14.0. The summed E-state index contributed by atoms with van der Waals surface area (Å²) in [5, 5.41) is 16.0. The van der Waals surface area contributed by atoms with E-state index in [9.17, 15) is 5.11 Å². The van der Waals surface area contributed by atoms with Crippen LogP contribution in [-0.4, -0.2) is 37.9 Å². The molecule has 0 aromatic heterocycles. The molecule has 0 fully saturated rings. The summed E-state index contributed by atoms with van der Waals surface area (Å²) in [5.74, 6) is 1.84. The number of phenolic OH excluding ortho intramolecular Hbond substituents is 1. The summed E-state index contributed by atoms with van der Waals surface area (Å²) in [6.45, 7) is 7.04. The van der Waals surface area contributed by atoms with E-state index in [4.69, 9.17) is 9.47 Å². The van der Waals surface area contributed by atoms with E-state index in [0.29, 0.717) is 26.3 Å². The van der Waals surface area contributed by atoms with Gasteiger partial charge in [-0.1, -0.05) is 24.3 Å². The monoisotopic (exact) mass is 499 g/mol. The van der Waals surface area contributed by atoms with Crippen LogP contribution >= 0.6 is 24.0 Å². The van der Waals surface area contributed by atoms with Crippen molar-refractivity contribution in [2.75, 3.05) is 26.9 Å². The Morgan fingerprint density at radius 3 is 2.50 bits per heavy atom. The normalized spacial score (nSPS) is 10.9. The number of aromatic hydroxyl groups is 1. The minimum Gasteiger partial charge on any atom is -0.508 e. The molecular formula is C21H30IN3O3. The number of guanidine groups is 1. The first-order valence-electron chi connectivity index (χ1n) is 9.13. The number of aliphatic imine (C=N–C) groups is 1. The second-order valence-electron chi connectivity index (χ2n) is 6.17. The fraction of sp³-hybridized carbons (Fsp3) is 0.381. The zero-order valence-corrected chi connectivity index (χ0v) is 19.0. The Morgan fingerprint density at radius 2 is 1.82 bits per heavy atom. The number of nitrogens with one attached hydrogen (secondary N) is 2. The SMILES string of the molecule is CCNC(=NCc1ccc(O)cc1)NCc1ccc(C)cc1OCCOC.I. The minimum absolute atomic E-state index is 0. The summed E-state index contributed by atoms with van der Waals surface area (Å²) < 4.78 is 10.9. The summed E-state index contributed by atoms with van der Waals surface area (Å²) in [7, 11) is 1.66. The molecule has 0 atom stereocenters. The molecule has 2 aromatic rings. The van der Waals surface area contributed by atoms with E-state index in [0.717, 1.165) is 34.9 Å². The Kier molecular flexibility index (Phi) is 11.4. The summed E-state index contributed by atoms with van der Waals surface area (Å²) in [5.41, 5.74) is 3.25. The Balaban J connectivity index is 0.00000392. The van der Waals surface area contributed by atoms with Gasteiger partial charge in [0, 0.05) is 25.8 Å². The summed E-state index contributed by atoms with van der Waals surface area (Å²) in [6.07, 6.45) is 0. The predicted molar refractivity (Wildman–Crippen MR) is 124 cm³/mol. The Morgan fingerprint density at radius 1 is 1.07 bits per heavy atom. The molecule has 28 heavy (non-hydrogen) atoms. The molecule has 0 radical (unpaired) electrons. The molecule has 0 bridgehead atoms. The van der Waals surface area contributed by atoms with Crippen molar-refractivity contribution in [1.29, 1.82) is 0 Å². The lowest BCUT2D eigenvalue weighted by molar-refractivity contribution is 0.145. The quantitative estimate of drug-likeness (QED) is 0.213. The van der Waals surface area contributed by atoms with Gasteiger partial charge in [-0.05, 0) is 43.2 Å². The lowest BCUT2D eigenvalue weighted by Crippen LogP contribution is -2.36. The number of methoxy groups -OCH3 is 1. The molecule has 0 aliphatic rings. The van der Waals surface area contributed by atoms with Crippen LogP contribution in [0.25, 0.3) is 0 Å². The highest BCUT2D eigenvalue weighted by Crippen LogP contribution is 2.20. The highest BCUT2D eigenvalue weighted by atomic mass is 127. The van der Waals surface area contributed by atoms with Crippen LogP contribution in [0.5, 0.6) is 11.5 Å². The van der Waals surface area contributed by atoms with Crippen molar-refractivity contribution in [2.24, 2.45) is 4.99 Å². The van der Waals surface area contributed by atoms with Crippen molar-refractivity contribution >= 4 is 29.9 Å². The molecule has 2 aromatic carbocycles. The molecule has 2 rings (SSSR count). The molecule has 0 aliphatic carbocycles. The molecule has 0 saturated carbocycles. The number of nitrogens with zero attached hydrogens (tertiary/aromatic N) is 1. The van der Waals surface area contributed by atoms with Crippen LogP contribution in [0, 0.1) is 6.92 Å². The first-order chi connectivity index (χ1) is 13.1. The lowest BCUT2D eigenvalue weighted by atomic mass is 10.1. The molecule has 7 heteroatoms. The molecule has 0 saturated heterocycles. The van der Waals surface area contributed by atoms with E-state index in [1.54, 1.807) is 19.2 Å². The molecule has 0 spiro atoms. The number of phenols is 1. The molecule has 154 valence electrons. The van der Waals surface area contributed by atoms with Crippen LogP contribution in [0.3, 0.4) is 0 Å². The molecular weight excluding hydrogens is 469 g/mol. The average Bonchev–Trinajstić information content (AvgIpc) is 2.66. The van der Waals surface area contributed by atoms with Gasteiger partial charge in [0.1, 0.15) is 18.1 Å². The van der Waals surface area contributed by atoms with Crippen LogP contribution in [0.1, 0.15) is 23.6 Å². The maximum absolute atomic E-state index is 9.37. The van der Waals surface area contributed by atoms with Crippen molar-refractivity contribution in [3.63, 3.8) is 0 Å². The molecule has 6 nitrogen and oxygen atoms in total. The Bertz CT molecular complexity index is 736. The Hall–Kier alpha value is -2.00. The van der Waals surface area contributed by atoms with Gasteiger partial charge in [-0.2, -0.15) is 0 Å². The molecule has 3 N–H and O–H groups in total. The number of aryl methyl sites for hydroxylation is 1. The average molecular weight is 499 g/mol. The summed E-state index contributed by atoms with van der Waals surface area (Å²) in [4.78, 5) is 4.60. The highest BCUT2D eigenvalue weighted by Gasteiger charge is 2.06. The van der Waals surface area contributed by atoms with E-state index >= 15 is 0 Å². The third kappa shape index (κ3) is 8.35. The summed E-state index contributed by atoms with van der Waals surface area (Å²) in [6, 6.07) is 13.2. The maximum atomic E-state index is 9.37. The molecule has 0 heterocycles. The second-order valence-corrected chi connectivity index (χ2v) is 6.17. The number of hydrogen-bond donors (Lipinski definition) is 3. The van der Waals surface area contributed by atoms with Gasteiger partial charge in [0.2, 0.25) is 0 Å². The van der Waals surface area contributed by atoms with Gasteiger partial charge in [-0.3, -0.25) is 0 Å². The van der Waals surface area contributed by atoms with Crippen LogP contribution < -0.4 is 15.4 Å². The van der Waals surface area contributed by atoms with Gasteiger partial charge in [-0.15, -0.1) is 24.0 Å². The van der Waals surface area contributed by atoms with E-state index < -0.39 is 0 Å². The van der Waals surface area contributed by atoms with Gasteiger partial charge >= 0.3 is 0 Å². The number of ether oxygens (including phenoxy) is 2. The first-order valence-corrected chi connectivity index (χ1v) is 9.13. The molecule has 0 amide bonds. The van der Waals surface area contributed by atoms with E-state index in [1.165, 1.54) is 0 Å². The number of rotatable bonds is 9. The van der Waals surface area contributed by atoms with Crippen molar-refractivity contribution in [1.82, 2.24) is 10.6 Å². The second kappa shape index (κ2) is 13.2. The zero-order valence-electron chi connectivity index (χ0n) is 16.7. The van der Waals surface area contributed by atoms with Gasteiger partial charge in [-0.25, -0.2) is 4.99 Å². The first kappa shape index (κ1) is 24.0. The van der Waals surface area contributed by atoms with Crippen LogP contribution in [0.2, 0.25) is 0 Å². The third-order valence-corrected chi connectivity index (χ3v) is 3.91. The van der Waals surface area contributed by atoms with Gasteiger partial charge in [0.25, 0.3) is 0 Å². The fourth-order valence-corrected chi connectivity index (χ4v) is 2.47. The predicted octanol–water partition coefficient (Wildman–Crippen LogP) is 3.60. The molecule has 0 aliphatic heterocycles. The smallest absolute Gasteiger partial charge is 0.191 e. The van der Waals surface area contributed by atoms with Crippen molar-refractivity contribution in [3.8, 4) is 11.5 Å². The topological polar surface area (TPSA) is 75.1 Å². The van der Waals surface area contributed by atoms with Gasteiger partial charge in [0.15, 0.2) is 5.96 Å². The van der Waals surface area contributed by atoms with Crippen LogP contribution in [0.4, 0.5) is 0 Å². The number of hydrogen-bond acceptors (Lipinski definition) is 4. The fourth-order valence-electron chi connectivity index (χ4n) is 2.47. The van der Waals surface area contributed by atoms with E-state index in [2.05, 4.69) is 27.8 Å². The maximum Gasteiger partial charge on any atom is 0.191 e. The zero-order chi connectivity index (χ0) is 19.5. The van der Waals surface area contributed by atoms with Crippen LogP contribution in [-0.2, 0) is 17.8 Å². The van der Waals surface area contributed by atoms with Crippen molar-refractivity contribution in [3.05, 3.63) is 59.2 Å².